The van der Waals surface area contributed by atoms with Crippen molar-refractivity contribution in [1.29, 1.82) is 0 Å². The Bertz CT molecular complexity index is 721. The van der Waals surface area contributed by atoms with Crippen LogP contribution < -0.4 is 16.0 Å². The number of nitrogens with one attached hydrogen (secondary N) is 3. The molecule has 0 radical (unpaired) electrons. The van der Waals surface area contributed by atoms with Crippen LogP contribution in [0.4, 0.5) is 0 Å². The highest BCUT2D eigenvalue weighted by molar-refractivity contribution is 9.10. The monoisotopic (exact) mass is 417 g/mol. The van der Waals surface area contributed by atoms with Crippen LogP contribution in [0.5, 0.6) is 0 Å². The van der Waals surface area contributed by atoms with Gasteiger partial charge in [-0.1, -0.05) is 28.1 Å². The Balaban J connectivity index is 1.73. The molecule has 0 atom stereocenters. The highest BCUT2D eigenvalue weighted by atomic mass is 79.9. The predicted octanol–water partition coefficient (Wildman–Crippen LogP) is 2.37. The number of nitrogens with zero attached hydrogens (tertiary/aromatic N) is 2. The summed E-state index contributed by atoms with van der Waals surface area (Å²) >= 11 is 3.37. The van der Waals surface area contributed by atoms with Gasteiger partial charge in [-0.2, -0.15) is 0 Å². The van der Waals surface area contributed by atoms with E-state index in [1.54, 1.807) is 18.3 Å². The van der Waals surface area contributed by atoms with Crippen LogP contribution in [0.2, 0.25) is 0 Å². The summed E-state index contributed by atoms with van der Waals surface area (Å²) in [6.07, 6.45) is 2.58. The molecule has 0 aliphatic heterocycles. The quantitative estimate of drug-likeness (QED) is 0.350. The molecule has 2 rings (SSSR count). The van der Waals surface area contributed by atoms with Gasteiger partial charge in [-0.3, -0.25) is 14.8 Å². The van der Waals surface area contributed by atoms with E-state index in [4.69, 9.17) is 0 Å². The minimum atomic E-state index is -0.0924. The summed E-state index contributed by atoms with van der Waals surface area (Å²) in [7, 11) is 0. The van der Waals surface area contributed by atoms with Gasteiger partial charge in [0, 0.05) is 54.5 Å². The second kappa shape index (κ2) is 11.3. The van der Waals surface area contributed by atoms with Crippen molar-refractivity contribution in [3.05, 3.63) is 64.4 Å². The Morgan fingerprint density at radius 3 is 2.69 bits per heavy atom. The van der Waals surface area contributed by atoms with Crippen LogP contribution >= 0.6 is 15.9 Å². The molecule has 0 aliphatic rings. The van der Waals surface area contributed by atoms with Gasteiger partial charge in [-0.05, 0) is 37.3 Å². The molecule has 0 spiro atoms. The smallest absolute Gasteiger partial charge is 0.251 e. The average Bonchev–Trinajstić information content (AvgIpc) is 2.66. The van der Waals surface area contributed by atoms with Gasteiger partial charge >= 0.3 is 0 Å². The van der Waals surface area contributed by atoms with Gasteiger partial charge in [0.2, 0.25) is 0 Å². The SMILES string of the molecule is CCNC(=NCCc1ccccn1)NCCNC(=O)c1cccc(Br)c1. The summed E-state index contributed by atoms with van der Waals surface area (Å²) in [5.74, 6) is 0.644. The number of carbonyl (C=O) groups is 1. The van der Waals surface area contributed by atoms with Crippen LogP contribution in [0.3, 0.4) is 0 Å². The lowest BCUT2D eigenvalue weighted by molar-refractivity contribution is 0.0954. The lowest BCUT2D eigenvalue weighted by atomic mass is 10.2. The van der Waals surface area contributed by atoms with Crippen LogP contribution in [0, 0.1) is 0 Å². The summed E-state index contributed by atoms with van der Waals surface area (Å²) in [6, 6.07) is 13.2. The highest BCUT2D eigenvalue weighted by Crippen LogP contribution is 2.11. The molecular formula is C19H24BrN5O. The van der Waals surface area contributed by atoms with E-state index in [2.05, 4.69) is 41.9 Å². The van der Waals surface area contributed by atoms with Gasteiger partial charge in [0.15, 0.2) is 5.96 Å². The van der Waals surface area contributed by atoms with E-state index in [0.29, 0.717) is 25.2 Å². The fourth-order valence-electron chi connectivity index (χ4n) is 2.26. The number of carbonyl (C=O) groups excluding carboxylic acids is 1. The zero-order valence-corrected chi connectivity index (χ0v) is 16.4. The van der Waals surface area contributed by atoms with Gasteiger partial charge in [0.25, 0.3) is 5.91 Å². The van der Waals surface area contributed by atoms with Crippen LogP contribution in [0.1, 0.15) is 23.0 Å². The zero-order valence-electron chi connectivity index (χ0n) is 14.8. The molecule has 0 saturated carbocycles. The highest BCUT2D eigenvalue weighted by Gasteiger charge is 2.05. The number of aromatic nitrogens is 1. The molecule has 0 fully saturated rings. The number of pyridine rings is 1. The number of benzene rings is 1. The van der Waals surface area contributed by atoms with Crippen molar-refractivity contribution in [1.82, 2.24) is 20.9 Å². The maximum Gasteiger partial charge on any atom is 0.251 e. The van der Waals surface area contributed by atoms with Crippen molar-refractivity contribution in [3.8, 4) is 0 Å². The molecule has 0 bridgehead atoms. The van der Waals surface area contributed by atoms with Crippen LogP contribution in [-0.2, 0) is 6.42 Å². The summed E-state index contributed by atoms with van der Waals surface area (Å²) in [4.78, 5) is 20.9. The Hall–Kier alpha value is -2.41. The van der Waals surface area contributed by atoms with Gasteiger partial charge in [0.1, 0.15) is 0 Å². The van der Waals surface area contributed by atoms with Crippen molar-refractivity contribution in [2.75, 3.05) is 26.2 Å². The predicted molar refractivity (Wildman–Crippen MR) is 108 cm³/mol. The van der Waals surface area contributed by atoms with E-state index >= 15 is 0 Å². The van der Waals surface area contributed by atoms with E-state index < -0.39 is 0 Å². The number of hydrogen-bond acceptors (Lipinski definition) is 3. The third-order valence-electron chi connectivity index (χ3n) is 3.50. The van der Waals surface area contributed by atoms with E-state index in [1.807, 2.05) is 37.3 Å². The minimum Gasteiger partial charge on any atom is -0.357 e. The molecule has 1 aromatic carbocycles. The summed E-state index contributed by atoms with van der Waals surface area (Å²) < 4.78 is 0.887. The number of hydrogen-bond donors (Lipinski definition) is 3. The van der Waals surface area contributed by atoms with E-state index in [-0.39, 0.29) is 5.91 Å². The fraction of sp³-hybridized carbons (Fsp3) is 0.316. The molecular weight excluding hydrogens is 394 g/mol. The minimum absolute atomic E-state index is 0.0924. The summed E-state index contributed by atoms with van der Waals surface area (Å²) in [6.45, 7) is 4.55. The molecule has 0 aliphatic carbocycles. The molecule has 2 aromatic rings. The topological polar surface area (TPSA) is 78.4 Å². The second-order valence-electron chi connectivity index (χ2n) is 5.52. The van der Waals surface area contributed by atoms with Crippen LogP contribution in [-0.4, -0.2) is 43.0 Å². The molecule has 1 heterocycles. The zero-order chi connectivity index (χ0) is 18.6. The fourth-order valence-corrected chi connectivity index (χ4v) is 2.66. The van der Waals surface area contributed by atoms with Gasteiger partial charge in [-0.25, -0.2) is 0 Å². The van der Waals surface area contributed by atoms with E-state index in [9.17, 15) is 4.79 Å². The third-order valence-corrected chi connectivity index (χ3v) is 3.99. The van der Waals surface area contributed by atoms with Crippen LogP contribution in [0.15, 0.2) is 58.1 Å². The second-order valence-corrected chi connectivity index (χ2v) is 6.44. The average molecular weight is 418 g/mol. The Morgan fingerprint density at radius 2 is 1.96 bits per heavy atom. The molecule has 7 heteroatoms. The normalized spacial score (nSPS) is 11.1. The Morgan fingerprint density at radius 1 is 1.12 bits per heavy atom. The molecule has 6 nitrogen and oxygen atoms in total. The molecule has 3 N–H and O–H groups in total. The molecule has 1 aromatic heterocycles. The van der Waals surface area contributed by atoms with Gasteiger partial charge < -0.3 is 16.0 Å². The lowest BCUT2D eigenvalue weighted by Crippen LogP contribution is -2.41. The molecule has 26 heavy (non-hydrogen) atoms. The van der Waals surface area contributed by atoms with Crippen molar-refractivity contribution < 1.29 is 4.79 Å². The number of guanidine groups is 1. The first-order valence-corrected chi connectivity index (χ1v) is 9.44. The molecule has 0 saturated heterocycles. The van der Waals surface area contributed by atoms with Gasteiger partial charge in [-0.15, -0.1) is 0 Å². The first kappa shape index (κ1) is 19.9. The standard InChI is InChI=1S/C19H24BrN5O/c1-2-21-19(24-11-9-17-8-3-4-10-22-17)25-13-12-23-18(26)15-6-5-7-16(20)14-15/h3-8,10,14H,2,9,11-13H2,1H3,(H,23,26)(H2,21,24,25). The number of amides is 1. The van der Waals surface area contributed by atoms with Crippen LogP contribution in [0.25, 0.3) is 0 Å². The Labute approximate surface area is 162 Å². The third kappa shape index (κ3) is 7.23. The Kier molecular flexibility index (Phi) is 8.62. The number of rotatable bonds is 8. The maximum absolute atomic E-state index is 12.1. The van der Waals surface area contributed by atoms with Gasteiger partial charge in [0.05, 0.1) is 0 Å². The lowest BCUT2D eigenvalue weighted by Gasteiger charge is -2.12. The summed E-state index contributed by atoms with van der Waals surface area (Å²) in [5, 5.41) is 9.31. The summed E-state index contributed by atoms with van der Waals surface area (Å²) in [5.41, 5.74) is 1.66. The molecule has 1 amide bonds. The molecule has 0 unspecified atom stereocenters. The number of halogens is 1. The van der Waals surface area contributed by atoms with Crippen molar-refractivity contribution >= 4 is 27.8 Å². The maximum atomic E-state index is 12.1. The first-order valence-electron chi connectivity index (χ1n) is 8.65. The number of aliphatic imine (C=N–C) groups is 1. The van der Waals surface area contributed by atoms with E-state index in [1.165, 1.54) is 0 Å². The largest absolute Gasteiger partial charge is 0.357 e. The molecule has 138 valence electrons. The van der Waals surface area contributed by atoms with E-state index in [0.717, 1.165) is 29.1 Å². The van der Waals surface area contributed by atoms with Crippen molar-refractivity contribution in [2.45, 2.75) is 13.3 Å². The van der Waals surface area contributed by atoms with Crippen molar-refractivity contribution in [3.63, 3.8) is 0 Å². The first-order chi connectivity index (χ1) is 12.7. The van der Waals surface area contributed by atoms with Crippen molar-refractivity contribution in [2.24, 2.45) is 4.99 Å².